The van der Waals surface area contributed by atoms with E-state index in [0.717, 1.165) is 5.56 Å². The largest absolute Gasteiger partial charge is 0.598 e. The van der Waals surface area contributed by atoms with Crippen molar-refractivity contribution in [1.82, 2.24) is 4.72 Å². The van der Waals surface area contributed by atoms with Gasteiger partial charge < -0.3 is 10.3 Å². The minimum atomic E-state index is -1.10. The molecular weight excluding hydrogens is 220 g/mol. The Kier molecular flexibility index (Phi) is 4.80. The Morgan fingerprint density at radius 2 is 1.88 bits per heavy atom. The molecule has 0 radical (unpaired) electrons. The lowest BCUT2D eigenvalue weighted by Gasteiger charge is -2.27. The van der Waals surface area contributed by atoms with Crippen molar-refractivity contribution in [1.29, 1.82) is 0 Å². The second-order valence-electron chi connectivity index (χ2n) is 4.70. The van der Waals surface area contributed by atoms with Crippen molar-refractivity contribution >= 4 is 11.4 Å². The Hall–Kier alpha value is -0.550. The molecule has 90 valence electrons. The number of hydrogen-bond donors (Lipinski definition) is 2. The van der Waals surface area contributed by atoms with Crippen molar-refractivity contribution in [3.8, 4) is 0 Å². The quantitative estimate of drug-likeness (QED) is 0.788. The summed E-state index contributed by atoms with van der Waals surface area (Å²) in [5, 5.41) is 0. The van der Waals surface area contributed by atoms with E-state index in [1.54, 1.807) is 0 Å². The number of hydrogen-bond acceptors (Lipinski definition) is 3. The third-order valence-corrected chi connectivity index (χ3v) is 3.85. The Balaban J connectivity index is 2.70. The van der Waals surface area contributed by atoms with Crippen molar-refractivity contribution in [3.63, 3.8) is 0 Å². The van der Waals surface area contributed by atoms with Crippen molar-refractivity contribution in [2.45, 2.75) is 31.6 Å². The molecule has 0 aliphatic carbocycles. The molecule has 0 saturated carbocycles. The van der Waals surface area contributed by atoms with Gasteiger partial charge in [0, 0.05) is 17.9 Å². The van der Waals surface area contributed by atoms with Gasteiger partial charge in [-0.3, -0.25) is 0 Å². The zero-order valence-corrected chi connectivity index (χ0v) is 10.9. The number of rotatable bonds is 4. The van der Waals surface area contributed by atoms with Crippen LogP contribution in [-0.2, 0) is 11.4 Å². The third-order valence-electron chi connectivity index (χ3n) is 2.24. The fourth-order valence-corrected chi connectivity index (χ4v) is 2.09. The van der Waals surface area contributed by atoms with E-state index in [1.807, 2.05) is 51.1 Å². The predicted octanol–water partition coefficient (Wildman–Crippen LogP) is 1.74. The van der Waals surface area contributed by atoms with Gasteiger partial charge in [0.15, 0.2) is 0 Å². The molecule has 4 heteroatoms. The van der Waals surface area contributed by atoms with Gasteiger partial charge in [0.05, 0.1) is 6.04 Å². The molecule has 16 heavy (non-hydrogen) atoms. The second-order valence-corrected chi connectivity index (χ2v) is 6.70. The first kappa shape index (κ1) is 13.5. The van der Waals surface area contributed by atoms with E-state index in [0.29, 0.717) is 6.54 Å². The van der Waals surface area contributed by atoms with Crippen molar-refractivity contribution < 1.29 is 4.55 Å². The SMILES string of the molecule is CC(C)(C)[S+]([O-])NC(CN)c1ccccc1. The first-order valence-corrected chi connectivity index (χ1v) is 6.53. The maximum Gasteiger partial charge on any atom is 0.136 e. The van der Waals surface area contributed by atoms with Crippen LogP contribution >= 0.6 is 0 Å². The first-order chi connectivity index (χ1) is 7.45. The highest BCUT2D eigenvalue weighted by Gasteiger charge is 2.29. The molecule has 0 fully saturated rings. The molecule has 0 aliphatic rings. The zero-order valence-electron chi connectivity index (χ0n) is 10.1. The topological polar surface area (TPSA) is 61.1 Å². The van der Waals surface area contributed by atoms with E-state index < -0.39 is 11.4 Å². The summed E-state index contributed by atoms with van der Waals surface area (Å²) in [6.45, 7) is 6.25. The van der Waals surface area contributed by atoms with Crippen LogP contribution in [0.15, 0.2) is 30.3 Å². The molecule has 0 spiro atoms. The van der Waals surface area contributed by atoms with Gasteiger partial charge in [0.2, 0.25) is 0 Å². The number of benzene rings is 1. The molecule has 3 N–H and O–H groups in total. The molecule has 2 atom stereocenters. The third kappa shape index (κ3) is 3.79. The Morgan fingerprint density at radius 3 is 2.31 bits per heavy atom. The average Bonchev–Trinajstić information content (AvgIpc) is 2.25. The average molecular weight is 240 g/mol. The van der Waals surface area contributed by atoms with E-state index in [2.05, 4.69) is 4.72 Å². The van der Waals surface area contributed by atoms with Gasteiger partial charge in [-0.15, -0.1) is 4.72 Å². The van der Waals surface area contributed by atoms with Gasteiger partial charge >= 0.3 is 0 Å². The molecule has 0 bridgehead atoms. The van der Waals surface area contributed by atoms with Crippen LogP contribution in [0.4, 0.5) is 0 Å². The predicted molar refractivity (Wildman–Crippen MR) is 69.3 cm³/mol. The molecule has 2 unspecified atom stereocenters. The molecule has 1 rings (SSSR count). The first-order valence-electron chi connectivity index (χ1n) is 5.38. The van der Waals surface area contributed by atoms with Crippen LogP contribution in [0.5, 0.6) is 0 Å². The van der Waals surface area contributed by atoms with E-state index in [9.17, 15) is 4.55 Å². The molecule has 1 aromatic rings. The second kappa shape index (κ2) is 5.68. The molecule has 0 heterocycles. The van der Waals surface area contributed by atoms with E-state index in [-0.39, 0.29) is 10.8 Å². The molecule has 0 saturated heterocycles. The number of nitrogens with two attached hydrogens (primary N) is 1. The van der Waals surface area contributed by atoms with E-state index >= 15 is 0 Å². The highest BCUT2D eigenvalue weighted by molar-refractivity contribution is 7.90. The van der Waals surface area contributed by atoms with E-state index in [4.69, 9.17) is 5.73 Å². The Morgan fingerprint density at radius 1 is 1.31 bits per heavy atom. The van der Waals surface area contributed by atoms with Crippen LogP contribution in [0, 0.1) is 0 Å². The number of nitrogens with one attached hydrogen (secondary N) is 1. The molecule has 1 aromatic carbocycles. The lowest BCUT2D eigenvalue weighted by Crippen LogP contribution is -2.43. The van der Waals surface area contributed by atoms with Gasteiger partial charge in [0.1, 0.15) is 4.75 Å². The van der Waals surface area contributed by atoms with Gasteiger partial charge in [-0.05, 0) is 26.3 Å². The minimum absolute atomic E-state index is 0.0544. The summed E-state index contributed by atoms with van der Waals surface area (Å²) in [6.07, 6.45) is 0. The van der Waals surface area contributed by atoms with Gasteiger partial charge in [0.25, 0.3) is 0 Å². The van der Waals surface area contributed by atoms with Gasteiger partial charge in [-0.25, -0.2) is 0 Å². The Labute approximate surface area is 101 Å². The van der Waals surface area contributed by atoms with Gasteiger partial charge in [-0.1, -0.05) is 30.3 Å². The van der Waals surface area contributed by atoms with Crippen LogP contribution < -0.4 is 10.5 Å². The van der Waals surface area contributed by atoms with Crippen LogP contribution in [0.3, 0.4) is 0 Å². The summed E-state index contributed by atoms with van der Waals surface area (Å²) in [5.41, 5.74) is 6.77. The highest BCUT2D eigenvalue weighted by Crippen LogP contribution is 2.19. The summed E-state index contributed by atoms with van der Waals surface area (Å²) in [6, 6.07) is 9.80. The standard InChI is InChI=1S/C12H20N2OS/c1-12(2,3)16(15)14-11(9-13)10-7-5-4-6-8-10/h4-8,11,14H,9,13H2,1-3H3. The maximum atomic E-state index is 12.0. The van der Waals surface area contributed by atoms with Gasteiger partial charge in [-0.2, -0.15) is 0 Å². The van der Waals surface area contributed by atoms with Crippen molar-refractivity contribution in [2.24, 2.45) is 5.73 Å². The molecular formula is C12H20N2OS. The minimum Gasteiger partial charge on any atom is -0.598 e. The van der Waals surface area contributed by atoms with Crippen molar-refractivity contribution in [2.75, 3.05) is 6.54 Å². The summed E-state index contributed by atoms with van der Waals surface area (Å²) in [5.74, 6) is 0. The summed E-state index contributed by atoms with van der Waals surface area (Å²) >= 11 is -1.10. The van der Waals surface area contributed by atoms with Crippen LogP contribution in [-0.4, -0.2) is 15.8 Å². The monoisotopic (exact) mass is 240 g/mol. The highest BCUT2D eigenvalue weighted by atomic mass is 32.2. The van der Waals surface area contributed by atoms with Crippen molar-refractivity contribution in [3.05, 3.63) is 35.9 Å². The summed E-state index contributed by atoms with van der Waals surface area (Å²) in [4.78, 5) is 0. The molecule has 3 nitrogen and oxygen atoms in total. The van der Waals surface area contributed by atoms with Crippen LogP contribution in [0.2, 0.25) is 0 Å². The Bertz CT molecular complexity index is 311. The molecule has 0 amide bonds. The lowest BCUT2D eigenvalue weighted by molar-refractivity contribution is 0.525. The fourth-order valence-electron chi connectivity index (χ4n) is 1.24. The van der Waals surface area contributed by atoms with Crippen LogP contribution in [0.1, 0.15) is 32.4 Å². The molecule has 0 aromatic heterocycles. The normalized spacial score (nSPS) is 15.8. The van der Waals surface area contributed by atoms with Crippen LogP contribution in [0.25, 0.3) is 0 Å². The lowest BCUT2D eigenvalue weighted by atomic mass is 10.1. The zero-order chi connectivity index (χ0) is 12.2. The smallest absolute Gasteiger partial charge is 0.136 e. The molecule has 0 aliphatic heterocycles. The summed E-state index contributed by atoms with van der Waals surface area (Å²) < 4.78 is 14.7. The van der Waals surface area contributed by atoms with E-state index in [1.165, 1.54) is 0 Å². The fraction of sp³-hybridized carbons (Fsp3) is 0.500. The summed E-state index contributed by atoms with van der Waals surface area (Å²) in [7, 11) is 0. The maximum absolute atomic E-state index is 12.0.